The molecule has 4 nitrogen and oxygen atoms in total. The minimum atomic E-state index is -0.332. The van der Waals surface area contributed by atoms with E-state index in [1.54, 1.807) is 7.11 Å². The molecule has 2 atom stereocenters. The second kappa shape index (κ2) is 8.49. The number of aliphatic hydroxyl groups excluding tert-OH is 1. The lowest BCUT2D eigenvalue weighted by Gasteiger charge is -2.30. The zero-order chi connectivity index (χ0) is 15.1. The summed E-state index contributed by atoms with van der Waals surface area (Å²) in [5, 5.41) is 13.6. The van der Waals surface area contributed by atoms with Crippen molar-refractivity contribution in [1.82, 2.24) is 10.2 Å². The molecule has 0 fully saturated rings. The third-order valence-electron chi connectivity index (χ3n) is 4.18. The van der Waals surface area contributed by atoms with Gasteiger partial charge in [-0.2, -0.15) is 0 Å². The van der Waals surface area contributed by atoms with Gasteiger partial charge in [0, 0.05) is 39.3 Å². The van der Waals surface area contributed by atoms with E-state index in [1.807, 2.05) is 0 Å². The van der Waals surface area contributed by atoms with Crippen molar-refractivity contribution in [2.24, 2.45) is 0 Å². The molecule has 1 aliphatic heterocycles. The Balaban J connectivity index is 1.75. The maximum absolute atomic E-state index is 10.2. The SMILES string of the molecule is CCC(COC)NCC(O)CN1CCc2ccccc2C1. The van der Waals surface area contributed by atoms with Crippen LogP contribution in [0.1, 0.15) is 24.5 Å². The molecule has 0 aromatic heterocycles. The van der Waals surface area contributed by atoms with E-state index in [0.717, 1.165) is 32.5 Å². The van der Waals surface area contributed by atoms with Crippen molar-refractivity contribution in [2.45, 2.75) is 38.5 Å². The van der Waals surface area contributed by atoms with Gasteiger partial charge in [-0.15, -0.1) is 0 Å². The molecule has 0 saturated heterocycles. The number of ether oxygens (including phenoxy) is 1. The normalized spacial score (nSPS) is 18.2. The molecule has 118 valence electrons. The quantitative estimate of drug-likeness (QED) is 0.761. The van der Waals surface area contributed by atoms with E-state index in [2.05, 4.69) is 41.4 Å². The number of β-amino-alcohol motifs (C(OH)–C–C–N with tert-alkyl or cyclic N) is 1. The number of methoxy groups -OCH3 is 1. The van der Waals surface area contributed by atoms with E-state index in [0.29, 0.717) is 19.2 Å². The third kappa shape index (κ3) is 5.08. The van der Waals surface area contributed by atoms with Crippen LogP contribution in [-0.4, -0.2) is 55.5 Å². The number of aliphatic hydroxyl groups is 1. The number of hydrogen-bond acceptors (Lipinski definition) is 4. The molecule has 4 heteroatoms. The van der Waals surface area contributed by atoms with Gasteiger partial charge >= 0.3 is 0 Å². The van der Waals surface area contributed by atoms with E-state index >= 15 is 0 Å². The lowest BCUT2D eigenvalue weighted by Crippen LogP contribution is -2.44. The summed E-state index contributed by atoms with van der Waals surface area (Å²) in [5.74, 6) is 0. The van der Waals surface area contributed by atoms with Gasteiger partial charge in [0.1, 0.15) is 0 Å². The molecule has 21 heavy (non-hydrogen) atoms. The maximum Gasteiger partial charge on any atom is 0.0791 e. The van der Waals surface area contributed by atoms with Crippen molar-refractivity contribution in [3.63, 3.8) is 0 Å². The van der Waals surface area contributed by atoms with Crippen LogP contribution in [0.2, 0.25) is 0 Å². The lowest BCUT2D eigenvalue weighted by atomic mass is 10.00. The highest BCUT2D eigenvalue weighted by atomic mass is 16.5. The molecule has 0 aliphatic carbocycles. The summed E-state index contributed by atoms with van der Waals surface area (Å²) >= 11 is 0. The van der Waals surface area contributed by atoms with Crippen molar-refractivity contribution in [1.29, 1.82) is 0 Å². The Morgan fingerprint density at radius 1 is 1.33 bits per heavy atom. The predicted molar refractivity (Wildman–Crippen MR) is 85.4 cm³/mol. The van der Waals surface area contributed by atoms with E-state index in [1.165, 1.54) is 11.1 Å². The van der Waals surface area contributed by atoms with Crippen LogP contribution in [0.15, 0.2) is 24.3 Å². The van der Waals surface area contributed by atoms with Crippen LogP contribution < -0.4 is 5.32 Å². The number of nitrogens with zero attached hydrogens (tertiary/aromatic N) is 1. The van der Waals surface area contributed by atoms with Gasteiger partial charge in [-0.1, -0.05) is 31.2 Å². The van der Waals surface area contributed by atoms with Crippen LogP contribution in [0.5, 0.6) is 0 Å². The second-order valence-corrected chi connectivity index (χ2v) is 5.88. The van der Waals surface area contributed by atoms with Gasteiger partial charge in [0.25, 0.3) is 0 Å². The van der Waals surface area contributed by atoms with E-state index < -0.39 is 0 Å². The Kier molecular flexibility index (Phi) is 6.64. The molecule has 0 spiro atoms. The molecule has 1 aromatic carbocycles. The molecule has 1 heterocycles. The first-order valence-corrected chi connectivity index (χ1v) is 7.92. The molecule has 1 aromatic rings. The molecule has 0 amide bonds. The summed E-state index contributed by atoms with van der Waals surface area (Å²) in [5.41, 5.74) is 2.85. The Morgan fingerprint density at radius 2 is 2.10 bits per heavy atom. The first-order chi connectivity index (χ1) is 10.2. The predicted octanol–water partition coefficient (Wildman–Crippen LogP) is 1.42. The smallest absolute Gasteiger partial charge is 0.0791 e. The average molecular weight is 292 g/mol. The molecule has 2 N–H and O–H groups in total. The van der Waals surface area contributed by atoms with E-state index in [4.69, 9.17) is 4.74 Å². The summed E-state index contributed by atoms with van der Waals surface area (Å²) in [6, 6.07) is 8.93. The molecular weight excluding hydrogens is 264 g/mol. The van der Waals surface area contributed by atoms with Gasteiger partial charge in [0.2, 0.25) is 0 Å². The molecule has 0 radical (unpaired) electrons. The Hall–Kier alpha value is -0.940. The average Bonchev–Trinajstić information content (AvgIpc) is 2.51. The van der Waals surface area contributed by atoms with Crippen LogP contribution in [0.25, 0.3) is 0 Å². The highest BCUT2D eigenvalue weighted by Gasteiger charge is 2.18. The molecule has 2 unspecified atom stereocenters. The second-order valence-electron chi connectivity index (χ2n) is 5.88. The van der Waals surface area contributed by atoms with Crippen molar-refractivity contribution in [2.75, 3.05) is 33.4 Å². The highest BCUT2D eigenvalue weighted by Crippen LogP contribution is 2.18. The third-order valence-corrected chi connectivity index (χ3v) is 4.18. The van der Waals surface area contributed by atoms with Crippen LogP contribution in [0.3, 0.4) is 0 Å². The Bertz CT molecular complexity index is 425. The van der Waals surface area contributed by atoms with Crippen LogP contribution in [0, 0.1) is 0 Å². The summed E-state index contributed by atoms with van der Waals surface area (Å²) in [7, 11) is 1.71. The van der Waals surface area contributed by atoms with E-state index in [9.17, 15) is 5.11 Å². The Morgan fingerprint density at radius 3 is 2.81 bits per heavy atom. The van der Waals surface area contributed by atoms with Crippen LogP contribution >= 0.6 is 0 Å². The van der Waals surface area contributed by atoms with Gasteiger partial charge in [0.15, 0.2) is 0 Å². The molecular formula is C17H28N2O2. The minimum absolute atomic E-state index is 0.326. The van der Waals surface area contributed by atoms with E-state index in [-0.39, 0.29) is 6.10 Å². The van der Waals surface area contributed by atoms with Crippen LogP contribution in [0.4, 0.5) is 0 Å². The summed E-state index contributed by atoms with van der Waals surface area (Å²) in [6.45, 7) is 6.15. The number of benzene rings is 1. The first kappa shape index (κ1) is 16.4. The molecule has 1 aliphatic rings. The van der Waals surface area contributed by atoms with Gasteiger partial charge in [-0.25, -0.2) is 0 Å². The van der Waals surface area contributed by atoms with Gasteiger partial charge in [0.05, 0.1) is 12.7 Å². The van der Waals surface area contributed by atoms with Crippen molar-refractivity contribution >= 4 is 0 Å². The molecule has 0 saturated carbocycles. The number of hydrogen-bond donors (Lipinski definition) is 2. The largest absolute Gasteiger partial charge is 0.390 e. The summed E-state index contributed by atoms with van der Waals surface area (Å²) in [4.78, 5) is 2.34. The standard InChI is InChI=1S/C17H28N2O2/c1-3-16(13-21-2)18-10-17(20)12-19-9-8-14-6-4-5-7-15(14)11-19/h4-7,16-18,20H,3,8-13H2,1-2H3. The fraction of sp³-hybridized carbons (Fsp3) is 0.647. The van der Waals surface area contributed by atoms with Gasteiger partial charge in [-0.3, -0.25) is 4.90 Å². The summed E-state index contributed by atoms with van der Waals surface area (Å²) in [6.07, 6.45) is 1.76. The zero-order valence-corrected chi connectivity index (χ0v) is 13.2. The zero-order valence-electron chi connectivity index (χ0n) is 13.2. The van der Waals surface area contributed by atoms with Crippen LogP contribution in [-0.2, 0) is 17.7 Å². The molecule has 2 rings (SSSR count). The highest BCUT2D eigenvalue weighted by molar-refractivity contribution is 5.29. The number of rotatable bonds is 8. The summed E-state index contributed by atoms with van der Waals surface area (Å²) < 4.78 is 5.16. The Labute approximate surface area is 128 Å². The van der Waals surface area contributed by atoms with Gasteiger partial charge < -0.3 is 15.2 Å². The minimum Gasteiger partial charge on any atom is -0.390 e. The van der Waals surface area contributed by atoms with Crippen molar-refractivity contribution in [3.8, 4) is 0 Å². The number of nitrogens with one attached hydrogen (secondary N) is 1. The maximum atomic E-state index is 10.2. The topological polar surface area (TPSA) is 44.7 Å². The fourth-order valence-corrected chi connectivity index (χ4v) is 2.90. The lowest BCUT2D eigenvalue weighted by molar-refractivity contribution is 0.0945. The van der Waals surface area contributed by atoms with Gasteiger partial charge in [-0.05, 0) is 24.0 Å². The fourth-order valence-electron chi connectivity index (χ4n) is 2.90. The molecule has 0 bridgehead atoms. The first-order valence-electron chi connectivity index (χ1n) is 7.92. The monoisotopic (exact) mass is 292 g/mol. The van der Waals surface area contributed by atoms with Crippen molar-refractivity contribution in [3.05, 3.63) is 35.4 Å². The number of fused-ring (bicyclic) bond motifs is 1. The van der Waals surface area contributed by atoms with Crippen molar-refractivity contribution < 1.29 is 9.84 Å².